The van der Waals surface area contributed by atoms with E-state index in [1.54, 1.807) is 44.2 Å². The molecule has 9 nitrogen and oxygen atoms in total. The monoisotopic (exact) mass is 553 g/mol. The molecule has 2 aromatic carbocycles. The third-order valence-corrected chi connectivity index (χ3v) is 7.26. The van der Waals surface area contributed by atoms with Crippen LogP contribution in [0.4, 0.5) is 9.39 Å². The number of amides is 2. The first kappa shape index (κ1) is 27.8. The van der Waals surface area contributed by atoms with Crippen molar-refractivity contribution in [3.05, 3.63) is 75.4 Å². The van der Waals surface area contributed by atoms with E-state index in [0.29, 0.717) is 33.3 Å². The summed E-state index contributed by atoms with van der Waals surface area (Å²) in [5, 5.41) is 6.88. The Bertz CT molecular complexity index is 1420. The number of hydrogen-bond acceptors (Lipinski definition) is 8. The van der Waals surface area contributed by atoms with Crippen molar-refractivity contribution in [3.8, 4) is 11.5 Å². The van der Waals surface area contributed by atoms with Crippen molar-refractivity contribution < 1.29 is 33.0 Å². The van der Waals surface area contributed by atoms with Gasteiger partial charge in [0.05, 0.1) is 25.0 Å². The molecule has 39 heavy (non-hydrogen) atoms. The van der Waals surface area contributed by atoms with Gasteiger partial charge in [-0.3, -0.25) is 9.59 Å². The number of carbonyl (C=O) groups excluding carboxylic acids is 3. The van der Waals surface area contributed by atoms with Gasteiger partial charge in [0.15, 0.2) is 11.5 Å². The van der Waals surface area contributed by atoms with Crippen LogP contribution in [0.2, 0.25) is 0 Å². The number of halogens is 1. The Morgan fingerprint density at radius 2 is 1.82 bits per heavy atom. The fraction of sp³-hybridized carbons (Fsp3) is 0.286. The summed E-state index contributed by atoms with van der Waals surface area (Å²) in [4.78, 5) is 38.6. The van der Waals surface area contributed by atoms with Crippen molar-refractivity contribution in [1.82, 2.24) is 5.43 Å². The maximum Gasteiger partial charge on any atom is 0.341 e. The zero-order chi connectivity index (χ0) is 27.9. The normalized spacial score (nSPS) is 12.5. The van der Waals surface area contributed by atoms with E-state index in [0.717, 1.165) is 35.3 Å². The van der Waals surface area contributed by atoms with Gasteiger partial charge in [0.1, 0.15) is 17.4 Å². The molecular weight excluding hydrogens is 525 g/mol. The van der Waals surface area contributed by atoms with Crippen LogP contribution in [0.1, 0.15) is 52.2 Å². The number of nitrogens with zero attached hydrogens (tertiary/aromatic N) is 1. The number of methoxy groups -OCH3 is 1. The molecule has 0 saturated carbocycles. The van der Waals surface area contributed by atoms with Crippen molar-refractivity contribution in [2.45, 2.75) is 39.7 Å². The summed E-state index contributed by atoms with van der Waals surface area (Å²) in [7, 11) is 1.49. The van der Waals surface area contributed by atoms with Gasteiger partial charge in [0.25, 0.3) is 0 Å². The Morgan fingerprint density at radius 1 is 1.05 bits per heavy atom. The summed E-state index contributed by atoms with van der Waals surface area (Å²) >= 11 is 1.29. The first-order valence-electron chi connectivity index (χ1n) is 12.3. The fourth-order valence-corrected chi connectivity index (χ4v) is 5.35. The Labute approximate surface area is 229 Å². The maximum atomic E-state index is 13.1. The number of hydrogen-bond donors (Lipinski definition) is 2. The standard InChI is InChI=1S/C28H28FN3O6S/c1-4-37-28(35)24-20-6-5-7-23(20)39-27(24)30-25(33)26(34)32-31-16(2)18-10-13-21(22(14-18)36-3)38-15-17-8-11-19(29)12-9-17/h8-14H,4-7,15H2,1-3H3,(H,30,33)(H,32,34)/b31-16+. The molecule has 1 aromatic heterocycles. The molecule has 4 rings (SSSR count). The van der Waals surface area contributed by atoms with Crippen molar-refractivity contribution in [2.24, 2.45) is 5.10 Å². The first-order chi connectivity index (χ1) is 18.8. The van der Waals surface area contributed by atoms with E-state index in [4.69, 9.17) is 14.2 Å². The second-order valence-electron chi connectivity index (χ2n) is 8.65. The number of thiophene rings is 1. The molecule has 0 spiro atoms. The highest BCUT2D eigenvalue weighted by atomic mass is 32.1. The number of fused-ring (bicyclic) bond motifs is 1. The number of benzene rings is 2. The largest absolute Gasteiger partial charge is 0.493 e. The Hall–Kier alpha value is -4.25. The lowest BCUT2D eigenvalue weighted by Crippen LogP contribution is -2.33. The minimum Gasteiger partial charge on any atom is -0.493 e. The van der Waals surface area contributed by atoms with Crippen molar-refractivity contribution in [1.29, 1.82) is 0 Å². The Morgan fingerprint density at radius 3 is 2.54 bits per heavy atom. The molecule has 0 saturated heterocycles. The van der Waals surface area contributed by atoms with Crippen LogP contribution in [-0.2, 0) is 33.8 Å². The van der Waals surface area contributed by atoms with Gasteiger partial charge in [-0.15, -0.1) is 11.3 Å². The highest BCUT2D eigenvalue weighted by molar-refractivity contribution is 7.17. The molecule has 204 valence electrons. The number of rotatable bonds is 9. The van der Waals surface area contributed by atoms with Crippen LogP contribution in [-0.4, -0.2) is 37.2 Å². The van der Waals surface area contributed by atoms with Crippen LogP contribution >= 0.6 is 11.3 Å². The predicted molar refractivity (Wildman–Crippen MR) is 145 cm³/mol. The quantitative estimate of drug-likeness (QED) is 0.173. The summed E-state index contributed by atoms with van der Waals surface area (Å²) < 4.78 is 29.5. The van der Waals surface area contributed by atoms with E-state index in [9.17, 15) is 18.8 Å². The topological polar surface area (TPSA) is 115 Å². The Balaban J connectivity index is 1.40. The van der Waals surface area contributed by atoms with Gasteiger partial charge in [-0.25, -0.2) is 14.6 Å². The smallest absolute Gasteiger partial charge is 0.341 e. The Kier molecular flexibility index (Phi) is 8.92. The molecule has 1 heterocycles. The number of hydrazone groups is 1. The minimum absolute atomic E-state index is 0.206. The van der Waals surface area contributed by atoms with Crippen molar-refractivity contribution in [2.75, 3.05) is 19.0 Å². The average molecular weight is 554 g/mol. The van der Waals surface area contributed by atoms with Crippen LogP contribution in [0.3, 0.4) is 0 Å². The van der Waals surface area contributed by atoms with Gasteiger partial charge in [0, 0.05) is 10.4 Å². The van der Waals surface area contributed by atoms with Crippen LogP contribution < -0.4 is 20.2 Å². The fourth-order valence-electron chi connectivity index (χ4n) is 4.07. The van der Waals surface area contributed by atoms with Crippen molar-refractivity contribution in [3.63, 3.8) is 0 Å². The molecule has 0 radical (unpaired) electrons. The van der Waals surface area contributed by atoms with E-state index in [1.165, 1.54) is 30.6 Å². The zero-order valence-corrected chi connectivity index (χ0v) is 22.6. The van der Waals surface area contributed by atoms with Gasteiger partial charge < -0.3 is 19.5 Å². The lowest BCUT2D eigenvalue weighted by atomic mass is 10.1. The number of esters is 1. The SMILES string of the molecule is CCOC(=O)c1c(NC(=O)C(=O)N/N=C(\C)c2ccc(OCc3ccc(F)cc3)c(OC)c2)sc2c1CCC2. The molecule has 0 bridgehead atoms. The lowest BCUT2D eigenvalue weighted by Gasteiger charge is -2.12. The van der Waals surface area contributed by atoms with Crippen LogP contribution in [0.25, 0.3) is 0 Å². The molecular formula is C28H28FN3O6S. The van der Waals surface area contributed by atoms with E-state index >= 15 is 0 Å². The van der Waals surface area contributed by atoms with E-state index < -0.39 is 17.8 Å². The molecule has 0 fully saturated rings. The second kappa shape index (κ2) is 12.5. The summed E-state index contributed by atoms with van der Waals surface area (Å²) in [6.07, 6.45) is 2.48. The number of nitrogens with one attached hydrogen (secondary N) is 2. The van der Waals surface area contributed by atoms with Crippen molar-refractivity contribution >= 4 is 39.8 Å². The number of carbonyl (C=O) groups is 3. The summed E-state index contributed by atoms with van der Waals surface area (Å²) in [5.41, 5.74) is 5.29. The molecule has 3 aromatic rings. The van der Waals surface area contributed by atoms with Gasteiger partial charge in [-0.2, -0.15) is 5.10 Å². The number of ether oxygens (including phenoxy) is 3. The van der Waals surface area contributed by atoms with Gasteiger partial charge in [-0.05, 0) is 74.6 Å². The number of anilines is 1. The van der Waals surface area contributed by atoms with Gasteiger partial charge in [0.2, 0.25) is 0 Å². The molecule has 2 N–H and O–H groups in total. The van der Waals surface area contributed by atoms with Crippen LogP contribution in [0.15, 0.2) is 47.6 Å². The molecule has 1 aliphatic rings. The van der Waals surface area contributed by atoms with E-state index in [-0.39, 0.29) is 19.0 Å². The van der Waals surface area contributed by atoms with E-state index in [1.807, 2.05) is 0 Å². The molecule has 0 aliphatic heterocycles. The average Bonchev–Trinajstić information content (AvgIpc) is 3.52. The van der Waals surface area contributed by atoms with Gasteiger partial charge >= 0.3 is 17.8 Å². The molecule has 1 aliphatic carbocycles. The zero-order valence-electron chi connectivity index (χ0n) is 21.8. The lowest BCUT2D eigenvalue weighted by molar-refractivity contribution is -0.136. The summed E-state index contributed by atoms with van der Waals surface area (Å²) in [6.45, 7) is 3.80. The van der Waals surface area contributed by atoms with E-state index in [2.05, 4.69) is 15.8 Å². The third-order valence-electron chi connectivity index (χ3n) is 6.05. The molecule has 0 unspecified atom stereocenters. The molecule has 11 heteroatoms. The molecule has 0 atom stereocenters. The molecule has 2 amide bonds. The first-order valence-corrected chi connectivity index (χ1v) is 13.1. The third kappa shape index (κ3) is 6.61. The van der Waals surface area contributed by atoms with Gasteiger partial charge in [-0.1, -0.05) is 12.1 Å². The number of aryl methyl sites for hydroxylation is 1. The minimum atomic E-state index is -0.982. The highest BCUT2D eigenvalue weighted by Gasteiger charge is 2.29. The highest BCUT2D eigenvalue weighted by Crippen LogP contribution is 2.39. The maximum absolute atomic E-state index is 13.1. The summed E-state index contributed by atoms with van der Waals surface area (Å²) in [5.74, 6) is -1.85. The summed E-state index contributed by atoms with van der Waals surface area (Å²) in [6, 6.07) is 11.1. The second-order valence-corrected chi connectivity index (χ2v) is 9.76. The predicted octanol–water partition coefficient (Wildman–Crippen LogP) is 4.62. The van der Waals surface area contributed by atoms with Crippen LogP contribution in [0.5, 0.6) is 11.5 Å². The van der Waals surface area contributed by atoms with Crippen LogP contribution in [0, 0.1) is 5.82 Å².